The molecule has 0 unspecified atom stereocenters. The summed E-state index contributed by atoms with van der Waals surface area (Å²) >= 11 is 6.14. The van der Waals surface area contributed by atoms with Crippen LogP contribution in [0.3, 0.4) is 0 Å². The van der Waals surface area contributed by atoms with E-state index in [1.807, 2.05) is 32.9 Å². The third-order valence-electron chi connectivity index (χ3n) is 4.41. The summed E-state index contributed by atoms with van der Waals surface area (Å²) in [4.78, 5) is 19.1. The molecule has 0 radical (unpaired) electrons. The van der Waals surface area contributed by atoms with Gasteiger partial charge in [0.2, 0.25) is 5.95 Å². The van der Waals surface area contributed by atoms with Crippen LogP contribution in [0.5, 0.6) is 5.75 Å². The van der Waals surface area contributed by atoms with Gasteiger partial charge in [0.15, 0.2) is 0 Å². The number of rotatable bonds is 4. The van der Waals surface area contributed by atoms with Gasteiger partial charge in [-0.15, -0.1) is 0 Å². The molecule has 7 nitrogen and oxygen atoms in total. The summed E-state index contributed by atoms with van der Waals surface area (Å²) in [6.45, 7) is 6.10. The Morgan fingerprint density at radius 3 is 2.60 bits per heavy atom. The van der Waals surface area contributed by atoms with E-state index in [1.54, 1.807) is 36.4 Å². The van der Waals surface area contributed by atoms with Gasteiger partial charge >= 0.3 is 0 Å². The fourth-order valence-electron chi connectivity index (χ4n) is 2.75. The number of benzene rings is 2. The van der Waals surface area contributed by atoms with Crippen molar-refractivity contribution in [3.8, 4) is 23.1 Å². The Hall–Kier alpha value is -3.63. The quantitative estimate of drug-likeness (QED) is 0.426. The van der Waals surface area contributed by atoms with Crippen molar-refractivity contribution in [2.24, 2.45) is 5.10 Å². The largest absolute Gasteiger partial charge is 0.506 e. The molecule has 1 heterocycles. The Balaban J connectivity index is 1.95. The smallest absolute Gasteiger partial charge is 0.270 e. The van der Waals surface area contributed by atoms with Crippen LogP contribution in [0.2, 0.25) is 5.02 Å². The molecule has 0 aliphatic carbocycles. The van der Waals surface area contributed by atoms with Gasteiger partial charge in [-0.05, 0) is 23.1 Å². The lowest BCUT2D eigenvalue weighted by Gasteiger charge is -2.20. The maximum atomic E-state index is 12.3. The average Bonchev–Trinajstić information content (AvgIpc) is 2.70. The molecule has 2 aromatic carbocycles. The Kier molecular flexibility index (Phi) is 5.90. The van der Waals surface area contributed by atoms with Gasteiger partial charge in [0, 0.05) is 11.1 Å². The number of anilines is 1. The molecule has 0 aliphatic rings. The van der Waals surface area contributed by atoms with E-state index in [-0.39, 0.29) is 33.4 Å². The molecular formula is C22H20ClN5O2. The minimum atomic E-state index is -0.579. The molecule has 0 aliphatic heterocycles. The van der Waals surface area contributed by atoms with Crippen LogP contribution in [0.25, 0.3) is 11.3 Å². The first-order valence-corrected chi connectivity index (χ1v) is 9.50. The molecule has 3 N–H and O–H groups in total. The maximum absolute atomic E-state index is 12.3. The van der Waals surface area contributed by atoms with E-state index in [4.69, 9.17) is 11.6 Å². The fraction of sp³-hybridized carbons (Fsp3) is 0.182. The van der Waals surface area contributed by atoms with Gasteiger partial charge in [-0.3, -0.25) is 9.78 Å². The Morgan fingerprint density at radius 1 is 1.27 bits per heavy atom. The van der Waals surface area contributed by atoms with Crippen molar-refractivity contribution < 1.29 is 5.11 Å². The summed E-state index contributed by atoms with van der Waals surface area (Å²) in [6.07, 6.45) is 1.39. The second-order valence-electron chi connectivity index (χ2n) is 7.63. The molecule has 3 rings (SSSR count). The van der Waals surface area contributed by atoms with Crippen LogP contribution >= 0.6 is 11.6 Å². The third-order valence-corrected chi connectivity index (χ3v) is 4.70. The van der Waals surface area contributed by atoms with Crippen molar-refractivity contribution in [1.29, 1.82) is 5.26 Å². The van der Waals surface area contributed by atoms with E-state index in [1.165, 1.54) is 6.21 Å². The topological polar surface area (TPSA) is 114 Å². The van der Waals surface area contributed by atoms with Crippen molar-refractivity contribution >= 4 is 23.8 Å². The maximum Gasteiger partial charge on any atom is 0.270 e. The molecule has 0 spiro atoms. The normalized spacial score (nSPS) is 11.4. The summed E-state index contributed by atoms with van der Waals surface area (Å²) in [7, 11) is 0. The predicted octanol–water partition coefficient (Wildman–Crippen LogP) is 4.41. The molecule has 0 amide bonds. The number of nitrogens with one attached hydrogen (secondary N) is 2. The van der Waals surface area contributed by atoms with Crippen LogP contribution in [0, 0.1) is 11.3 Å². The fourth-order valence-corrected chi connectivity index (χ4v) is 2.98. The number of aromatic nitrogens is 2. The highest BCUT2D eigenvalue weighted by molar-refractivity contribution is 6.32. The van der Waals surface area contributed by atoms with Crippen molar-refractivity contribution in [3.05, 3.63) is 74.5 Å². The Bertz CT molecular complexity index is 1210. The van der Waals surface area contributed by atoms with E-state index in [0.29, 0.717) is 11.1 Å². The minimum Gasteiger partial charge on any atom is -0.506 e. The number of nitriles is 1. The number of phenolic OH excluding ortho intramolecular Hbond substituents is 1. The Morgan fingerprint density at radius 2 is 1.97 bits per heavy atom. The SMILES string of the molecule is CC(C)(C)c1cc(Cl)c(O)c(C=NNc2nc(-c3ccccc3)c(C#N)c(=O)[nH]2)c1. The van der Waals surface area contributed by atoms with Gasteiger partial charge in [0.1, 0.15) is 17.4 Å². The number of hydrogen-bond acceptors (Lipinski definition) is 6. The number of aromatic amines is 1. The number of aromatic hydroxyl groups is 1. The number of hydrazone groups is 1. The predicted molar refractivity (Wildman–Crippen MR) is 118 cm³/mol. The number of phenols is 1. The van der Waals surface area contributed by atoms with Gasteiger partial charge in [0.25, 0.3) is 5.56 Å². The minimum absolute atomic E-state index is 0.0617. The van der Waals surface area contributed by atoms with E-state index < -0.39 is 5.56 Å². The molecule has 30 heavy (non-hydrogen) atoms. The van der Waals surface area contributed by atoms with Crippen LogP contribution in [0.1, 0.15) is 37.5 Å². The summed E-state index contributed by atoms with van der Waals surface area (Å²) in [5, 5.41) is 23.8. The van der Waals surface area contributed by atoms with Gasteiger partial charge in [0.05, 0.1) is 16.9 Å². The lowest BCUT2D eigenvalue weighted by atomic mass is 9.86. The van der Waals surface area contributed by atoms with Crippen LogP contribution in [-0.2, 0) is 5.41 Å². The highest BCUT2D eigenvalue weighted by atomic mass is 35.5. The molecule has 0 saturated heterocycles. The molecule has 1 aromatic heterocycles. The molecule has 3 aromatic rings. The van der Waals surface area contributed by atoms with Crippen molar-refractivity contribution in [3.63, 3.8) is 0 Å². The number of H-pyrrole nitrogens is 1. The Labute approximate surface area is 178 Å². The van der Waals surface area contributed by atoms with Crippen molar-refractivity contribution in [1.82, 2.24) is 9.97 Å². The van der Waals surface area contributed by atoms with Crippen LogP contribution < -0.4 is 11.0 Å². The third kappa shape index (κ3) is 4.50. The van der Waals surface area contributed by atoms with E-state index in [2.05, 4.69) is 20.5 Å². The van der Waals surface area contributed by atoms with E-state index >= 15 is 0 Å². The molecule has 0 atom stereocenters. The van der Waals surface area contributed by atoms with E-state index in [9.17, 15) is 15.2 Å². The summed E-state index contributed by atoms with van der Waals surface area (Å²) in [6, 6.07) is 14.3. The first-order valence-electron chi connectivity index (χ1n) is 9.12. The average molecular weight is 422 g/mol. The number of nitrogens with zero attached hydrogens (tertiary/aromatic N) is 3. The zero-order valence-corrected chi connectivity index (χ0v) is 17.4. The monoisotopic (exact) mass is 421 g/mol. The van der Waals surface area contributed by atoms with E-state index in [0.717, 1.165) is 5.56 Å². The highest BCUT2D eigenvalue weighted by Gasteiger charge is 2.17. The lowest BCUT2D eigenvalue weighted by molar-refractivity contribution is 0.473. The van der Waals surface area contributed by atoms with Gasteiger partial charge in [-0.2, -0.15) is 10.4 Å². The molecule has 0 bridgehead atoms. The molecule has 152 valence electrons. The summed E-state index contributed by atoms with van der Waals surface area (Å²) in [5.74, 6) is -0.0341. The van der Waals surface area contributed by atoms with Gasteiger partial charge in [-0.25, -0.2) is 10.4 Å². The van der Waals surface area contributed by atoms with Crippen molar-refractivity contribution in [2.75, 3.05) is 5.43 Å². The lowest BCUT2D eigenvalue weighted by Crippen LogP contribution is -2.16. The second-order valence-corrected chi connectivity index (χ2v) is 8.04. The zero-order valence-electron chi connectivity index (χ0n) is 16.7. The van der Waals surface area contributed by atoms with Gasteiger partial charge in [-0.1, -0.05) is 62.7 Å². The first kappa shape index (κ1) is 21.1. The van der Waals surface area contributed by atoms with Crippen LogP contribution in [0.15, 0.2) is 52.4 Å². The molecule has 0 saturated carbocycles. The molecule has 0 fully saturated rings. The zero-order chi connectivity index (χ0) is 21.9. The second kappa shape index (κ2) is 8.39. The first-order chi connectivity index (χ1) is 14.2. The van der Waals surface area contributed by atoms with Crippen LogP contribution in [0.4, 0.5) is 5.95 Å². The molecule has 8 heteroatoms. The number of hydrogen-bond donors (Lipinski definition) is 3. The highest BCUT2D eigenvalue weighted by Crippen LogP contribution is 2.33. The van der Waals surface area contributed by atoms with Gasteiger partial charge < -0.3 is 5.11 Å². The number of halogens is 1. The van der Waals surface area contributed by atoms with Crippen molar-refractivity contribution in [2.45, 2.75) is 26.2 Å². The standard InChI is InChI=1S/C22H20ClN5O2/c1-22(2,3)15-9-14(19(29)17(23)10-15)12-25-28-21-26-18(13-7-5-4-6-8-13)16(11-24)20(30)27-21/h4-10,12,29H,1-3H3,(H2,26,27,28,30). The molecular weight excluding hydrogens is 402 g/mol. The summed E-state index contributed by atoms with van der Waals surface area (Å²) in [5.41, 5.74) is 4.04. The summed E-state index contributed by atoms with van der Waals surface area (Å²) < 4.78 is 0. The van der Waals surface area contributed by atoms with Crippen LogP contribution in [-0.4, -0.2) is 21.3 Å².